The van der Waals surface area contributed by atoms with Crippen LogP contribution in [0.15, 0.2) is 24.3 Å². The molecule has 1 atom stereocenters. The number of rotatable bonds is 7. The highest BCUT2D eigenvalue weighted by Crippen LogP contribution is 2.09. The first-order chi connectivity index (χ1) is 9.99. The van der Waals surface area contributed by atoms with Gasteiger partial charge in [0.1, 0.15) is 6.04 Å². The minimum atomic E-state index is -0.616. The molecule has 0 aliphatic carbocycles. The lowest BCUT2D eigenvalue weighted by molar-refractivity contribution is -0.147. The normalized spacial score (nSPS) is 12.0. The van der Waals surface area contributed by atoms with Crippen molar-refractivity contribution in [1.29, 1.82) is 0 Å². The van der Waals surface area contributed by atoms with Gasteiger partial charge in [-0.1, -0.05) is 39.8 Å². The van der Waals surface area contributed by atoms with Crippen LogP contribution in [-0.2, 0) is 16.0 Å². The molecule has 116 valence electrons. The molecular formula is C17H25NO3. The van der Waals surface area contributed by atoms with Crippen LogP contribution in [0.2, 0.25) is 0 Å². The van der Waals surface area contributed by atoms with E-state index in [1.807, 2.05) is 32.9 Å². The molecule has 1 unspecified atom stereocenters. The van der Waals surface area contributed by atoms with Crippen molar-refractivity contribution < 1.29 is 14.3 Å². The molecule has 4 nitrogen and oxygen atoms in total. The molecule has 0 bridgehead atoms. The first-order valence-corrected chi connectivity index (χ1v) is 7.56. The number of carbonyl (C=O) groups excluding carboxylic acids is 2. The zero-order valence-corrected chi connectivity index (χ0v) is 13.3. The molecular weight excluding hydrogens is 266 g/mol. The number of amides is 1. The van der Waals surface area contributed by atoms with Gasteiger partial charge in [0.25, 0.3) is 5.91 Å². The summed E-state index contributed by atoms with van der Waals surface area (Å²) in [5.74, 6) is -0.636. The highest BCUT2D eigenvalue weighted by molar-refractivity contribution is 5.96. The number of ether oxygens (including phenoxy) is 1. The van der Waals surface area contributed by atoms with Crippen molar-refractivity contribution in [1.82, 2.24) is 5.32 Å². The second-order valence-corrected chi connectivity index (χ2v) is 5.41. The molecule has 0 heterocycles. The van der Waals surface area contributed by atoms with Crippen LogP contribution in [-0.4, -0.2) is 24.5 Å². The van der Waals surface area contributed by atoms with Crippen LogP contribution in [0, 0.1) is 5.92 Å². The van der Waals surface area contributed by atoms with Crippen LogP contribution in [0.1, 0.15) is 50.0 Å². The smallest absolute Gasteiger partial charge is 0.328 e. The van der Waals surface area contributed by atoms with Crippen LogP contribution in [0.3, 0.4) is 0 Å². The van der Waals surface area contributed by atoms with Gasteiger partial charge in [-0.25, -0.2) is 4.79 Å². The first kappa shape index (κ1) is 17.2. The topological polar surface area (TPSA) is 55.4 Å². The van der Waals surface area contributed by atoms with E-state index in [1.165, 1.54) is 5.56 Å². The molecule has 1 N–H and O–H groups in total. The minimum Gasteiger partial charge on any atom is -0.464 e. The maximum absolute atomic E-state index is 12.2. The number of hydrogen-bond acceptors (Lipinski definition) is 3. The Morgan fingerprint density at radius 1 is 1.14 bits per heavy atom. The fourth-order valence-electron chi connectivity index (χ4n) is 1.91. The molecule has 21 heavy (non-hydrogen) atoms. The minimum absolute atomic E-state index is 0.0202. The lowest BCUT2D eigenvalue weighted by atomic mass is 10.0. The van der Waals surface area contributed by atoms with E-state index in [-0.39, 0.29) is 17.8 Å². The Hall–Kier alpha value is -1.84. The molecule has 4 heteroatoms. The summed E-state index contributed by atoms with van der Waals surface area (Å²) in [7, 11) is 0. The number of esters is 1. The Labute approximate surface area is 126 Å². The van der Waals surface area contributed by atoms with Gasteiger partial charge in [0.15, 0.2) is 0 Å². The van der Waals surface area contributed by atoms with Crippen molar-refractivity contribution >= 4 is 11.9 Å². The highest BCUT2D eigenvalue weighted by atomic mass is 16.5. The van der Waals surface area contributed by atoms with E-state index in [9.17, 15) is 9.59 Å². The van der Waals surface area contributed by atoms with E-state index >= 15 is 0 Å². The largest absolute Gasteiger partial charge is 0.464 e. The molecule has 1 amide bonds. The molecule has 0 spiro atoms. The van der Waals surface area contributed by atoms with Gasteiger partial charge in [0.05, 0.1) is 6.61 Å². The molecule has 1 aromatic rings. The number of carbonyl (C=O) groups is 2. The van der Waals surface area contributed by atoms with E-state index in [0.29, 0.717) is 12.2 Å². The lowest BCUT2D eigenvalue weighted by Gasteiger charge is -2.20. The maximum atomic E-state index is 12.2. The lowest BCUT2D eigenvalue weighted by Crippen LogP contribution is -2.45. The van der Waals surface area contributed by atoms with E-state index < -0.39 is 6.04 Å². The zero-order valence-electron chi connectivity index (χ0n) is 13.3. The maximum Gasteiger partial charge on any atom is 0.328 e. The average molecular weight is 291 g/mol. The van der Waals surface area contributed by atoms with Crippen molar-refractivity contribution in [3.8, 4) is 0 Å². The number of hydrogen-bond donors (Lipinski definition) is 1. The second-order valence-electron chi connectivity index (χ2n) is 5.41. The summed E-state index contributed by atoms with van der Waals surface area (Å²) in [6, 6.07) is 6.80. The summed E-state index contributed by atoms with van der Waals surface area (Å²) < 4.78 is 5.13. The molecule has 0 saturated carbocycles. The predicted molar refractivity (Wildman–Crippen MR) is 83.2 cm³/mol. The quantitative estimate of drug-likeness (QED) is 0.786. The standard InChI is InChI=1S/C17H25NO3/c1-5-11-21-17(20)15(12(3)4)18-16(19)14-9-7-13(6-2)8-10-14/h7-10,12,15H,5-6,11H2,1-4H3,(H,18,19). The summed E-state index contributed by atoms with van der Waals surface area (Å²) in [4.78, 5) is 24.2. The van der Waals surface area contributed by atoms with E-state index in [1.54, 1.807) is 12.1 Å². The molecule has 0 aliphatic rings. The molecule has 0 saturated heterocycles. The Morgan fingerprint density at radius 2 is 1.76 bits per heavy atom. The summed E-state index contributed by atoms with van der Waals surface area (Å²) in [5.41, 5.74) is 1.73. The van der Waals surface area contributed by atoms with Crippen molar-refractivity contribution in [2.45, 2.75) is 46.6 Å². The molecule has 0 radical (unpaired) electrons. The fraction of sp³-hybridized carbons (Fsp3) is 0.529. The van der Waals surface area contributed by atoms with Gasteiger partial charge in [-0.05, 0) is 36.5 Å². The summed E-state index contributed by atoms with van der Waals surface area (Å²) >= 11 is 0. The van der Waals surface area contributed by atoms with E-state index in [0.717, 1.165) is 12.8 Å². The van der Waals surface area contributed by atoms with Crippen LogP contribution < -0.4 is 5.32 Å². The SMILES string of the molecule is CCCOC(=O)C(NC(=O)c1ccc(CC)cc1)C(C)C. The van der Waals surface area contributed by atoms with Crippen molar-refractivity contribution in [3.05, 3.63) is 35.4 Å². The second kappa shape index (κ2) is 8.45. The summed E-state index contributed by atoms with van der Waals surface area (Å²) in [6.07, 6.45) is 1.70. The number of benzene rings is 1. The van der Waals surface area contributed by atoms with Gasteiger partial charge in [-0.15, -0.1) is 0 Å². The van der Waals surface area contributed by atoms with Crippen molar-refractivity contribution in [2.24, 2.45) is 5.92 Å². The van der Waals surface area contributed by atoms with Crippen LogP contribution in [0.5, 0.6) is 0 Å². The summed E-state index contributed by atoms with van der Waals surface area (Å²) in [5, 5.41) is 2.77. The third-order valence-corrected chi connectivity index (χ3v) is 3.28. The van der Waals surface area contributed by atoms with Crippen molar-refractivity contribution in [2.75, 3.05) is 6.61 Å². The monoisotopic (exact) mass is 291 g/mol. The van der Waals surface area contributed by atoms with Crippen LogP contribution in [0.4, 0.5) is 0 Å². The molecule has 1 aromatic carbocycles. The predicted octanol–water partition coefficient (Wildman–Crippen LogP) is 2.96. The van der Waals surface area contributed by atoms with Gasteiger partial charge < -0.3 is 10.1 Å². The van der Waals surface area contributed by atoms with Crippen LogP contribution in [0.25, 0.3) is 0 Å². The van der Waals surface area contributed by atoms with Gasteiger partial charge in [-0.3, -0.25) is 4.79 Å². The van der Waals surface area contributed by atoms with Crippen LogP contribution >= 0.6 is 0 Å². The fourth-order valence-corrected chi connectivity index (χ4v) is 1.91. The third kappa shape index (κ3) is 5.21. The molecule has 0 aliphatic heterocycles. The molecule has 1 rings (SSSR count). The van der Waals surface area contributed by atoms with Gasteiger partial charge >= 0.3 is 5.97 Å². The molecule has 0 fully saturated rings. The Bertz CT molecular complexity index is 465. The van der Waals surface area contributed by atoms with Gasteiger partial charge in [0, 0.05) is 5.56 Å². The number of nitrogens with one attached hydrogen (secondary N) is 1. The van der Waals surface area contributed by atoms with Crippen molar-refractivity contribution in [3.63, 3.8) is 0 Å². The molecule has 0 aromatic heterocycles. The first-order valence-electron chi connectivity index (χ1n) is 7.56. The highest BCUT2D eigenvalue weighted by Gasteiger charge is 2.25. The average Bonchev–Trinajstić information content (AvgIpc) is 2.49. The third-order valence-electron chi connectivity index (χ3n) is 3.28. The van der Waals surface area contributed by atoms with E-state index in [2.05, 4.69) is 12.2 Å². The summed E-state index contributed by atoms with van der Waals surface area (Å²) in [6.45, 7) is 8.15. The zero-order chi connectivity index (χ0) is 15.8. The Balaban J connectivity index is 2.73. The van der Waals surface area contributed by atoms with E-state index in [4.69, 9.17) is 4.74 Å². The Kier molecular flexibility index (Phi) is 6.92. The van der Waals surface area contributed by atoms with Gasteiger partial charge in [-0.2, -0.15) is 0 Å². The van der Waals surface area contributed by atoms with Gasteiger partial charge in [0.2, 0.25) is 0 Å². The number of aryl methyl sites for hydroxylation is 1. The Morgan fingerprint density at radius 3 is 2.24 bits per heavy atom.